The Bertz CT molecular complexity index is 912. The lowest BCUT2D eigenvalue weighted by Crippen LogP contribution is -2.35. The van der Waals surface area contributed by atoms with E-state index in [0.29, 0.717) is 23.1 Å². The smallest absolute Gasteiger partial charge is 0.223 e. The van der Waals surface area contributed by atoms with Crippen molar-refractivity contribution in [3.8, 4) is 11.3 Å². The first-order chi connectivity index (χ1) is 12.6. The third kappa shape index (κ3) is 3.29. The molecule has 0 aliphatic carbocycles. The molecular formula is C20H24ClN5. The van der Waals surface area contributed by atoms with Crippen molar-refractivity contribution < 1.29 is 0 Å². The Hall–Kier alpha value is -2.11. The lowest BCUT2D eigenvalue weighted by Gasteiger charge is -2.23. The Balaban J connectivity index is 1.75. The van der Waals surface area contributed by atoms with Crippen molar-refractivity contribution in [2.45, 2.75) is 38.8 Å². The van der Waals surface area contributed by atoms with Crippen LogP contribution < -0.4 is 10.6 Å². The van der Waals surface area contributed by atoms with Crippen molar-refractivity contribution in [2.75, 3.05) is 18.4 Å². The summed E-state index contributed by atoms with van der Waals surface area (Å²) < 4.78 is 2.27. The summed E-state index contributed by atoms with van der Waals surface area (Å²) in [7, 11) is 0. The van der Waals surface area contributed by atoms with Gasteiger partial charge in [0, 0.05) is 34.7 Å². The van der Waals surface area contributed by atoms with Gasteiger partial charge in [-0.05, 0) is 45.8 Å². The van der Waals surface area contributed by atoms with E-state index in [2.05, 4.69) is 64.5 Å². The maximum absolute atomic E-state index is 6.49. The maximum Gasteiger partial charge on any atom is 0.223 e. The molecule has 0 radical (unpaired) electrons. The molecule has 0 spiro atoms. The minimum Gasteiger partial charge on any atom is -0.351 e. The predicted octanol–water partition coefficient (Wildman–Crippen LogP) is 4.50. The van der Waals surface area contributed by atoms with Gasteiger partial charge in [-0.1, -0.05) is 29.8 Å². The fraction of sp³-hybridized carbons (Fsp3) is 0.400. The number of fused-ring (bicyclic) bond motifs is 1. The predicted molar refractivity (Wildman–Crippen MR) is 108 cm³/mol. The van der Waals surface area contributed by atoms with Crippen molar-refractivity contribution in [3.05, 3.63) is 41.7 Å². The van der Waals surface area contributed by atoms with E-state index in [-0.39, 0.29) is 0 Å². The molecule has 1 aliphatic heterocycles. The molecule has 1 fully saturated rings. The summed E-state index contributed by atoms with van der Waals surface area (Å²) in [6.07, 6.45) is 6.01. The molecule has 0 amide bonds. The maximum atomic E-state index is 6.49. The van der Waals surface area contributed by atoms with Gasteiger partial charge in [-0.2, -0.15) is 0 Å². The highest BCUT2D eigenvalue weighted by atomic mass is 35.5. The van der Waals surface area contributed by atoms with Gasteiger partial charge >= 0.3 is 0 Å². The van der Waals surface area contributed by atoms with Crippen LogP contribution in [0.15, 0.2) is 36.7 Å². The van der Waals surface area contributed by atoms with Crippen LogP contribution >= 0.6 is 11.6 Å². The molecule has 2 aromatic heterocycles. The van der Waals surface area contributed by atoms with E-state index in [1.54, 1.807) is 6.20 Å². The molecule has 3 aromatic rings. The SMILES string of the molecule is CC(C)n1cc(-c2nc(NC3CCNCC3)ncc2Cl)c2ccccc21. The first-order valence-corrected chi connectivity index (χ1v) is 9.61. The number of benzene rings is 1. The minimum absolute atomic E-state index is 0.363. The molecule has 26 heavy (non-hydrogen) atoms. The highest BCUT2D eigenvalue weighted by Gasteiger charge is 2.18. The van der Waals surface area contributed by atoms with E-state index < -0.39 is 0 Å². The largest absolute Gasteiger partial charge is 0.351 e. The van der Waals surface area contributed by atoms with Gasteiger partial charge in [0.2, 0.25) is 5.95 Å². The molecule has 1 aromatic carbocycles. The molecule has 136 valence electrons. The fourth-order valence-electron chi connectivity index (χ4n) is 3.60. The Morgan fingerprint density at radius 2 is 2.00 bits per heavy atom. The summed E-state index contributed by atoms with van der Waals surface area (Å²) >= 11 is 6.49. The summed E-state index contributed by atoms with van der Waals surface area (Å²) in [4.78, 5) is 9.17. The number of nitrogens with one attached hydrogen (secondary N) is 2. The van der Waals surface area contributed by atoms with Crippen molar-refractivity contribution in [3.63, 3.8) is 0 Å². The topological polar surface area (TPSA) is 54.8 Å². The zero-order valence-electron chi connectivity index (χ0n) is 15.2. The summed E-state index contributed by atoms with van der Waals surface area (Å²) in [5, 5.41) is 8.58. The molecule has 4 rings (SSSR count). The molecule has 1 saturated heterocycles. The van der Waals surface area contributed by atoms with Crippen LogP contribution in [-0.4, -0.2) is 33.7 Å². The summed E-state index contributed by atoms with van der Waals surface area (Å²) in [5.41, 5.74) is 3.03. The van der Waals surface area contributed by atoms with E-state index in [9.17, 15) is 0 Å². The standard InChI is InChI=1S/C20H24ClN5/c1-13(2)26-12-16(15-5-3-4-6-18(15)26)19-17(21)11-23-20(25-19)24-14-7-9-22-10-8-14/h3-6,11-14,22H,7-10H2,1-2H3,(H,23,24,25). The number of para-hydroxylation sites is 1. The highest BCUT2D eigenvalue weighted by molar-refractivity contribution is 6.33. The van der Waals surface area contributed by atoms with Crippen LogP contribution in [0.1, 0.15) is 32.7 Å². The number of hydrogen-bond acceptors (Lipinski definition) is 4. The van der Waals surface area contributed by atoms with Gasteiger partial charge in [-0.3, -0.25) is 0 Å². The molecular weight excluding hydrogens is 346 g/mol. The average molecular weight is 370 g/mol. The van der Waals surface area contributed by atoms with Crippen LogP contribution in [0.2, 0.25) is 5.02 Å². The van der Waals surface area contributed by atoms with Crippen LogP contribution in [0.4, 0.5) is 5.95 Å². The number of anilines is 1. The molecule has 0 saturated carbocycles. The van der Waals surface area contributed by atoms with E-state index in [4.69, 9.17) is 16.6 Å². The van der Waals surface area contributed by atoms with Crippen LogP contribution in [-0.2, 0) is 0 Å². The molecule has 5 nitrogen and oxygen atoms in total. The number of nitrogens with zero attached hydrogens (tertiary/aromatic N) is 3. The van der Waals surface area contributed by atoms with E-state index in [1.807, 2.05) is 0 Å². The first kappa shape index (κ1) is 17.3. The Morgan fingerprint density at radius 1 is 1.23 bits per heavy atom. The molecule has 0 bridgehead atoms. The molecule has 6 heteroatoms. The third-order valence-corrected chi connectivity index (χ3v) is 5.25. The zero-order chi connectivity index (χ0) is 18.1. The van der Waals surface area contributed by atoms with Gasteiger partial charge in [0.1, 0.15) is 0 Å². The average Bonchev–Trinajstić information content (AvgIpc) is 3.04. The fourth-order valence-corrected chi connectivity index (χ4v) is 3.79. The third-order valence-electron chi connectivity index (χ3n) is 4.97. The molecule has 0 unspecified atom stereocenters. The Labute approximate surface area is 158 Å². The van der Waals surface area contributed by atoms with Gasteiger partial charge in [0.05, 0.1) is 16.9 Å². The monoisotopic (exact) mass is 369 g/mol. The van der Waals surface area contributed by atoms with Gasteiger partial charge < -0.3 is 15.2 Å². The number of rotatable bonds is 4. The molecule has 2 N–H and O–H groups in total. The lowest BCUT2D eigenvalue weighted by molar-refractivity contribution is 0.477. The van der Waals surface area contributed by atoms with Crippen LogP contribution in [0.5, 0.6) is 0 Å². The highest BCUT2D eigenvalue weighted by Crippen LogP contribution is 2.35. The second-order valence-corrected chi connectivity index (χ2v) is 7.53. The summed E-state index contributed by atoms with van der Waals surface area (Å²) in [6, 6.07) is 9.16. The van der Waals surface area contributed by atoms with Crippen molar-refractivity contribution in [1.29, 1.82) is 0 Å². The number of piperidine rings is 1. The normalized spacial score (nSPS) is 15.7. The lowest BCUT2D eigenvalue weighted by atomic mass is 10.1. The Kier molecular flexibility index (Phi) is 4.83. The number of hydrogen-bond donors (Lipinski definition) is 2. The minimum atomic E-state index is 0.363. The second kappa shape index (κ2) is 7.25. The van der Waals surface area contributed by atoms with E-state index in [1.165, 1.54) is 5.52 Å². The van der Waals surface area contributed by atoms with Crippen molar-refractivity contribution in [1.82, 2.24) is 19.9 Å². The van der Waals surface area contributed by atoms with Crippen LogP contribution in [0.25, 0.3) is 22.2 Å². The first-order valence-electron chi connectivity index (χ1n) is 9.23. The quantitative estimate of drug-likeness (QED) is 0.711. The van der Waals surface area contributed by atoms with Crippen LogP contribution in [0.3, 0.4) is 0 Å². The van der Waals surface area contributed by atoms with E-state index in [0.717, 1.165) is 42.6 Å². The van der Waals surface area contributed by atoms with E-state index >= 15 is 0 Å². The molecule has 0 atom stereocenters. The van der Waals surface area contributed by atoms with Gasteiger partial charge in [-0.25, -0.2) is 9.97 Å². The molecule has 1 aliphatic rings. The van der Waals surface area contributed by atoms with Crippen molar-refractivity contribution >= 4 is 28.5 Å². The van der Waals surface area contributed by atoms with Crippen molar-refractivity contribution in [2.24, 2.45) is 0 Å². The molecule has 3 heterocycles. The van der Waals surface area contributed by atoms with Gasteiger partial charge in [-0.15, -0.1) is 0 Å². The number of halogens is 1. The number of aromatic nitrogens is 3. The van der Waals surface area contributed by atoms with Gasteiger partial charge in [0.25, 0.3) is 0 Å². The summed E-state index contributed by atoms with van der Waals surface area (Å²) in [5.74, 6) is 0.651. The second-order valence-electron chi connectivity index (χ2n) is 7.12. The summed E-state index contributed by atoms with van der Waals surface area (Å²) in [6.45, 7) is 6.42. The Morgan fingerprint density at radius 3 is 2.77 bits per heavy atom. The van der Waals surface area contributed by atoms with Gasteiger partial charge in [0.15, 0.2) is 0 Å². The zero-order valence-corrected chi connectivity index (χ0v) is 15.9. The van der Waals surface area contributed by atoms with Crippen LogP contribution in [0, 0.1) is 0 Å².